The number of hydrogen-bond donors (Lipinski definition) is 2. The Hall–Kier alpha value is -0.570. The van der Waals surface area contributed by atoms with Gasteiger partial charge in [0.2, 0.25) is 5.91 Å². The molecule has 2 N–H and O–H groups in total. The average Bonchev–Trinajstić information content (AvgIpc) is 2.23. The molecule has 0 unspecified atom stereocenters. The highest BCUT2D eigenvalue weighted by atomic mass is 16.1. The fraction of sp³-hybridized carbons (Fsp3) is 0.923. The smallest absolute Gasteiger partial charge is 0.234 e. The Morgan fingerprint density at radius 3 is 2.38 bits per heavy atom. The molecule has 3 heteroatoms. The van der Waals surface area contributed by atoms with Crippen molar-refractivity contribution in [1.29, 1.82) is 0 Å². The highest BCUT2D eigenvalue weighted by Crippen LogP contribution is 2.39. The molecule has 3 nitrogen and oxygen atoms in total. The SMILES string of the molecule is CCC(CC)NC(=O)CNCC1(C)CCC1. The van der Waals surface area contributed by atoms with Crippen LogP contribution >= 0.6 is 0 Å². The maximum absolute atomic E-state index is 11.6. The summed E-state index contributed by atoms with van der Waals surface area (Å²) >= 11 is 0. The molecule has 0 aromatic carbocycles. The summed E-state index contributed by atoms with van der Waals surface area (Å²) in [5.74, 6) is 0.136. The van der Waals surface area contributed by atoms with Gasteiger partial charge in [-0.15, -0.1) is 0 Å². The van der Waals surface area contributed by atoms with Crippen LogP contribution in [0.4, 0.5) is 0 Å². The topological polar surface area (TPSA) is 41.1 Å². The lowest BCUT2D eigenvalue weighted by atomic mass is 9.70. The first-order valence-corrected chi connectivity index (χ1v) is 6.59. The van der Waals surface area contributed by atoms with Crippen LogP contribution in [-0.4, -0.2) is 25.0 Å². The molecule has 1 saturated carbocycles. The molecule has 0 radical (unpaired) electrons. The van der Waals surface area contributed by atoms with Crippen LogP contribution < -0.4 is 10.6 Å². The molecule has 1 amide bonds. The lowest BCUT2D eigenvalue weighted by molar-refractivity contribution is -0.121. The summed E-state index contributed by atoms with van der Waals surface area (Å²) in [6.45, 7) is 7.95. The zero-order valence-electron chi connectivity index (χ0n) is 10.9. The van der Waals surface area contributed by atoms with Crippen molar-refractivity contribution in [2.45, 2.75) is 58.9 Å². The Balaban J connectivity index is 2.10. The normalized spacial score (nSPS) is 18.2. The third-order valence-corrected chi connectivity index (χ3v) is 3.75. The molecule has 0 atom stereocenters. The Morgan fingerprint density at radius 2 is 1.94 bits per heavy atom. The highest BCUT2D eigenvalue weighted by molar-refractivity contribution is 5.78. The lowest BCUT2D eigenvalue weighted by Gasteiger charge is -2.38. The molecule has 1 rings (SSSR count). The molecular weight excluding hydrogens is 200 g/mol. The minimum absolute atomic E-state index is 0.136. The Bertz CT molecular complexity index is 220. The van der Waals surface area contributed by atoms with Crippen LogP contribution in [-0.2, 0) is 4.79 Å². The predicted molar refractivity (Wildman–Crippen MR) is 67.3 cm³/mol. The van der Waals surface area contributed by atoms with Crippen LogP contribution in [0.5, 0.6) is 0 Å². The summed E-state index contributed by atoms with van der Waals surface area (Å²) < 4.78 is 0. The number of carbonyl (C=O) groups excluding carboxylic acids is 1. The minimum Gasteiger partial charge on any atom is -0.352 e. The Kier molecular flexibility index (Phi) is 5.26. The van der Waals surface area contributed by atoms with Crippen molar-refractivity contribution in [2.75, 3.05) is 13.1 Å². The first kappa shape index (κ1) is 13.5. The van der Waals surface area contributed by atoms with Crippen molar-refractivity contribution in [3.63, 3.8) is 0 Å². The maximum Gasteiger partial charge on any atom is 0.234 e. The summed E-state index contributed by atoms with van der Waals surface area (Å²) in [6.07, 6.45) is 5.97. The first-order chi connectivity index (χ1) is 7.59. The summed E-state index contributed by atoms with van der Waals surface area (Å²) in [5.41, 5.74) is 0.454. The van der Waals surface area contributed by atoms with Crippen molar-refractivity contribution < 1.29 is 4.79 Å². The number of rotatable bonds is 7. The van der Waals surface area contributed by atoms with Gasteiger partial charge in [0, 0.05) is 12.6 Å². The van der Waals surface area contributed by atoms with Crippen LogP contribution in [0.2, 0.25) is 0 Å². The molecule has 0 saturated heterocycles. The fourth-order valence-electron chi connectivity index (χ4n) is 2.21. The van der Waals surface area contributed by atoms with E-state index in [0.717, 1.165) is 19.4 Å². The monoisotopic (exact) mass is 226 g/mol. The van der Waals surface area contributed by atoms with Crippen LogP contribution in [0.15, 0.2) is 0 Å². The van der Waals surface area contributed by atoms with E-state index in [0.29, 0.717) is 18.0 Å². The van der Waals surface area contributed by atoms with Gasteiger partial charge in [0.1, 0.15) is 0 Å². The van der Waals surface area contributed by atoms with Gasteiger partial charge in [0.05, 0.1) is 6.54 Å². The van der Waals surface area contributed by atoms with Gasteiger partial charge >= 0.3 is 0 Å². The summed E-state index contributed by atoms with van der Waals surface area (Å²) in [6, 6.07) is 0.341. The first-order valence-electron chi connectivity index (χ1n) is 6.59. The molecule has 0 aromatic heterocycles. The molecule has 16 heavy (non-hydrogen) atoms. The van der Waals surface area contributed by atoms with E-state index in [9.17, 15) is 4.79 Å². The van der Waals surface area contributed by atoms with Gasteiger partial charge in [0.15, 0.2) is 0 Å². The number of nitrogens with one attached hydrogen (secondary N) is 2. The van der Waals surface area contributed by atoms with E-state index in [4.69, 9.17) is 0 Å². The van der Waals surface area contributed by atoms with Crippen LogP contribution in [0, 0.1) is 5.41 Å². The van der Waals surface area contributed by atoms with E-state index >= 15 is 0 Å². The second-order valence-electron chi connectivity index (χ2n) is 5.35. The van der Waals surface area contributed by atoms with Gasteiger partial charge in [-0.3, -0.25) is 4.79 Å². The molecular formula is C13H26N2O. The van der Waals surface area contributed by atoms with E-state index in [-0.39, 0.29) is 5.91 Å². The van der Waals surface area contributed by atoms with E-state index in [1.54, 1.807) is 0 Å². The number of hydrogen-bond acceptors (Lipinski definition) is 2. The second-order valence-corrected chi connectivity index (χ2v) is 5.35. The van der Waals surface area contributed by atoms with Gasteiger partial charge < -0.3 is 10.6 Å². The molecule has 94 valence electrons. The van der Waals surface area contributed by atoms with Gasteiger partial charge in [-0.2, -0.15) is 0 Å². The van der Waals surface area contributed by atoms with Gasteiger partial charge in [0.25, 0.3) is 0 Å². The molecule has 0 aliphatic heterocycles. The molecule has 0 spiro atoms. The number of amides is 1. The zero-order valence-corrected chi connectivity index (χ0v) is 10.9. The maximum atomic E-state index is 11.6. The molecule has 1 aliphatic rings. The zero-order chi connectivity index (χ0) is 12.0. The molecule has 1 aliphatic carbocycles. The summed E-state index contributed by atoms with van der Waals surface area (Å²) in [5, 5.41) is 6.31. The quantitative estimate of drug-likeness (QED) is 0.698. The van der Waals surface area contributed by atoms with Gasteiger partial charge in [-0.1, -0.05) is 27.2 Å². The minimum atomic E-state index is 0.136. The van der Waals surface area contributed by atoms with Gasteiger partial charge in [-0.05, 0) is 31.1 Å². The summed E-state index contributed by atoms with van der Waals surface area (Å²) in [4.78, 5) is 11.6. The molecule has 0 bridgehead atoms. The standard InChI is InChI=1S/C13H26N2O/c1-4-11(5-2)15-12(16)9-14-10-13(3)7-6-8-13/h11,14H,4-10H2,1-3H3,(H,15,16). The van der Waals surface area contributed by atoms with Gasteiger partial charge in [-0.25, -0.2) is 0 Å². The second kappa shape index (κ2) is 6.24. The average molecular weight is 226 g/mol. The largest absolute Gasteiger partial charge is 0.352 e. The van der Waals surface area contributed by atoms with Crippen LogP contribution in [0.1, 0.15) is 52.9 Å². The van der Waals surface area contributed by atoms with E-state index in [2.05, 4.69) is 31.4 Å². The lowest BCUT2D eigenvalue weighted by Crippen LogP contribution is -2.44. The third-order valence-electron chi connectivity index (χ3n) is 3.75. The van der Waals surface area contributed by atoms with Crippen molar-refractivity contribution >= 4 is 5.91 Å². The molecule has 0 heterocycles. The Morgan fingerprint density at radius 1 is 1.31 bits per heavy atom. The van der Waals surface area contributed by atoms with E-state index in [1.165, 1.54) is 19.3 Å². The molecule has 1 fully saturated rings. The van der Waals surface area contributed by atoms with Crippen molar-refractivity contribution in [1.82, 2.24) is 10.6 Å². The molecule has 0 aromatic rings. The van der Waals surface area contributed by atoms with E-state index in [1.807, 2.05) is 0 Å². The third kappa shape index (κ3) is 4.12. The fourth-order valence-corrected chi connectivity index (χ4v) is 2.21. The van der Waals surface area contributed by atoms with Crippen molar-refractivity contribution in [3.8, 4) is 0 Å². The highest BCUT2D eigenvalue weighted by Gasteiger charge is 2.31. The van der Waals surface area contributed by atoms with Crippen LogP contribution in [0.25, 0.3) is 0 Å². The summed E-state index contributed by atoms with van der Waals surface area (Å²) in [7, 11) is 0. The number of carbonyl (C=O) groups is 1. The van der Waals surface area contributed by atoms with Crippen molar-refractivity contribution in [2.24, 2.45) is 5.41 Å². The predicted octanol–water partition coefficient (Wildman–Crippen LogP) is 2.07. The van der Waals surface area contributed by atoms with E-state index < -0.39 is 0 Å². The Labute approximate surface area is 99.4 Å². The van der Waals surface area contributed by atoms with Crippen LogP contribution in [0.3, 0.4) is 0 Å². The van der Waals surface area contributed by atoms with Crippen molar-refractivity contribution in [3.05, 3.63) is 0 Å².